The minimum Gasteiger partial charge on any atom is -0.493 e. The Morgan fingerprint density at radius 2 is 2.12 bits per heavy atom. The Balaban J connectivity index is 1.87. The fourth-order valence-electron chi connectivity index (χ4n) is 2.22. The lowest BCUT2D eigenvalue weighted by Gasteiger charge is -2.10. The lowest BCUT2D eigenvalue weighted by atomic mass is 10.1. The molecule has 3 rings (SSSR count). The van der Waals surface area contributed by atoms with Gasteiger partial charge in [0.25, 0.3) is 0 Å². The molecule has 1 saturated carbocycles. The van der Waals surface area contributed by atoms with Crippen LogP contribution >= 0.6 is 0 Å². The van der Waals surface area contributed by atoms with Crippen LogP contribution in [-0.4, -0.2) is 18.1 Å². The first-order valence-electron chi connectivity index (χ1n) is 7.64. The van der Waals surface area contributed by atoms with Crippen molar-refractivity contribution in [3.63, 3.8) is 0 Å². The maximum Gasteiger partial charge on any atom is 0.314 e. The Morgan fingerprint density at radius 3 is 2.75 bits per heavy atom. The van der Waals surface area contributed by atoms with E-state index in [0.29, 0.717) is 22.8 Å². The second kappa shape index (κ2) is 6.97. The third kappa shape index (κ3) is 3.61. The van der Waals surface area contributed by atoms with Gasteiger partial charge in [0.1, 0.15) is 6.07 Å². The Morgan fingerprint density at radius 1 is 1.29 bits per heavy atom. The van der Waals surface area contributed by atoms with Crippen molar-refractivity contribution in [2.24, 2.45) is 5.92 Å². The van der Waals surface area contributed by atoms with Crippen LogP contribution in [0, 0.1) is 17.2 Å². The van der Waals surface area contributed by atoms with Crippen LogP contribution in [0.1, 0.15) is 24.1 Å². The summed E-state index contributed by atoms with van der Waals surface area (Å²) in [7, 11) is 1.52. The van der Waals surface area contributed by atoms with E-state index in [-0.39, 0.29) is 11.9 Å². The van der Waals surface area contributed by atoms with Crippen molar-refractivity contribution in [3.05, 3.63) is 53.9 Å². The molecule has 0 N–H and O–H groups in total. The number of hydrogen-bond acceptors (Lipinski definition) is 5. The third-order valence-electron chi connectivity index (χ3n) is 3.68. The second-order valence-corrected chi connectivity index (χ2v) is 5.49. The highest BCUT2D eigenvalue weighted by atomic mass is 16.6. The van der Waals surface area contributed by atoms with Gasteiger partial charge in [-0.3, -0.25) is 9.78 Å². The van der Waals surface area contributed by atoms with Crippen molar-refractivity contribution >= 4 is 17.6 Å². The van der Waals surface area contributed by atoms with Gasteiger partial charge in [-0.1, -0.05) is 12.1 Å². The van der Waals surface area contributed by atoms with Gasteiger partial charge in [0.2, 0.25) is 0 Å². The van der Waals surface area contributed by atoms with E-state index in [1.807, 2.05) is 6.07 Å². The molecule has 0 spiro atoms. The van der Waals surface area contributed by atoms with Crippen molar-refractivity contribution in [2.75, 3.05) is 7.11 Å². The zero-order chi connectivity index (χ0) is 16.9. The van der Waals surface area contributed by atoms with Gasteiger partial charge in [-0.2, -0.15) is 5.26 Å². The Hall–Kier alpha value is -3.13. The molecule has 5 heteroatoms. The first kappa shape index (κ1) is 15.8. The standard InChI is InChI=1S/C19H16N2O3/c1-23-18-11-13(5-8-17(18)24-19(22)14-6-7-14)10-15(12-20)16-4-2-3-9-21-16/h2-5,8-11,14H,6-7H2,1H3/b15-10+. The van der Waals surface area contributed by atoms with E-state index in [4.69, 9.17) is 9.47 Å². The Bertz CT molecular complexity index is 818. The van der Waals surface area contributed by atoms with Crippen LogP contribution in [0.3, 0.4) is 0 Å². The normalized spacial score (nSPS) is 13.9. The average molecular weight is 320 g/mol. The quantitative estimate of drug-likeness (QED) is 0.479. The number of aromatic nitrogens is 1. The average Bonchev–Trinajstić information content (AvgIpc) is 3.46. The van der Waals surface area contributed by atoms with Crippen LogP contribution in [0.15, 0.2) is 42.6 Å². The monoisotopic (exact) mass is 320 g/mol. The fourth-order valence-corrected chi connectivity index (χ4v) is 2.22. The molecule has 0 unspecified atom stereocenters. The molecular weight excluding hydrogens is 304 g/mol. The van der Waals surface area contributed by atoms with E-state index in [9.17, 15) is 10.1 Å². The number of hydrogen-bond donors (Lipinski definition) is 0. The SMILES string of the molecule is COc1cc(/C=C(\C#N)c2ccccn2)ccc1OC(=O)C1CC1. The van der Waals surface area contributed by atoms with Gasteiger partial charge >= 0.3 is 5.97 Å². The Labute approximate surface area is 140 Å². The van der Waals surface area contributed by atoms with E-state index in [1.165, 1.54) is 7.11 Å². The molecule has 1 aromatic heterocycles. The van der Waals surface area contributed by atoms with Gasteiger partial charge in [-0.05, 0) is 48.7 Å². The van der Waals surface area contributed by atoms with E-state index in [1.54, 1.807) is 42.6 Å². The molecule has 5 nitrogen and oxygen atoms in total. The molecule has 1 aromatic carbocycles. The van der Waals surface area contributed by atoms with Gasteiger partial charge in [-0.15, -0.1) is 0 Å². The molecule has 0 atom stereocenters. The minimum atomic E-state index is -0.220. The number of pyridine rings is 1. The molecule has 1 heterocycles. The highest BCUT2D eigenvalue weighted by Gasteiger charge is 2.32. The third-order valence-corrected chi connectivity index (χ3v) is 3.68. The van der Waals surface area contributed by atoms with Crippen molar-refractivity contribution in [1.29, 1.82) is 5.26 Å². The number of ether oxygens (including phenoxy) is 2. The molecule has 0 radical (unpaired) electrons. The second-order valence-electron chi connectivity index (χ2n) is 5.49. The van der Waals surface area contributed by atoms with Gasteiger partial charge < -0.3 is 9.47 Å². The molecule has 2 aromatic rings. The smallest absolute Gasteiger partial charge is 0.314 e. The Kier molecular flexibility index (Phi) is 4.57. The van der Waals surface area contributed by atoms with Crippen molar-refractivity contribution in [1.82, 2.24) is 4.98 Å². The molecule has 0 saturated heterocycles. The van der Waals surface area contributed by atoms with E-state index >= 15 is 0 Å². The molecule has 1 fully saturated rings. The first-order chi connectivity index (χ1) is 11.7. The molecule has 120 valence electrons. The van der Waals surface area contributed by atoms with Crippen molar-refractivity contribution in [2.45, 2.75) is 12.8 Å². The van der Waals surface area contributed by atoms with Crippen LogP contribution in [0.25, 0.3) is 11.6 Å². The molecular formula is C19H16N2O3. The number of allylic oxidation sites excluding steroid dienone is 1. The topological polar surface area (TPSA) is 72.2 Å². The summed E-state index contributed by atoms with van der Waals surface area (Å²) in [5.74, 6) is 0.644. The minimum absolute atomic E-state index is 0.0172. The summed E-state index contributed by atoms with van der Waals surface area (Å²) in [5, 5.41) is 9.35. The summed E-state index contributed by atoms with van der Waals surface area (Å²) in [4.78, 5) is 16.0. The van der Waals surface area contributed by atoms with Gasteiger partial charge in [0.15, 0.2) is 11.5 Å². The molecule has 1 aliphatic rings. The van der Waals surface area contributed by atoms with E-state index in [0.717, 1.165) is 18.4 Å². The van der Waals surface area contributed by atoms with Crippen LogP contribution in [0.5, 0.6) is 11.5 Å². The molecule has 0 amide bonds. The number of carbonyl (C=O) groups is 1. The number of nitriles is 1. The summed E-state index contributed by atoms with van der Waals surface area (Å²) in [5.41, 5.74) is 1.81. The first-order valence-corrected chi connectivity index (χ1v) is 7.64. The summed E-state index contributed by atoms with van der Waals surface area (Å²) in [6.45, 7) is 0. The van der Waals surface area contributed by atoms with E-state index in [2.05, 4.69) is 11.1 Å². The van der Waals surface area contributed by atoms with Crippen molar-refractivity contribution < 1.29 is 14.3 Å². The largest absolute Gasteiger partial charge is 0.493 e. The lowest BCUT2D eigenvalue weighted by Crippen LogP contribution is -2.10. The van der Waals surface area contributed by atoms with Gasteiger partial charge in [0.05, 0.1) is 24.3 Å². The van der Waals surface area contributed by atoms with Gasteiger partial charge in [-0.25, -0.2) is 0 Å². The zero-order valence-electron chi connectivity index (χ0n) is 13.2. The predicted molar refractivity (Wildman–Crippen MR) is 89.1 cm³/mol. The number of rotatable bonds is 5. The summed E-state index contributed by atoms with van der Waals surface area (Å²) in [6.07, 6.45) is 5.13. The van der Waals surface area contributed by atoms with E-state index < -0.39 is 0 Å². The number of carbonyl (C=O) groups excluding carboxylic acids is 1. The maximum absolute atomic E-state index is 11.8. The van der Waals surface area contributed by atoms with Crippen LogP contribution in [-0.2, 0) is 4.79 Å². The summed E-state index contributed by atoms with van der Waals surface area (Å²) in [6, 6.07) is 12.7. The molecule has 24 heavy (non-hydrogen) atoms. The van der Waals surface area contributed by atoms with Crippen LogP contribution in [0.4, 0.5) is 0 Å². The highest BCUT2D eigenvalue weighted by molar-refractivity contribution is 5.88. The van der Waals surface area contributed by atoms with Crippen molar-refractivity contribution in [3.8, 4) is 17.6 Å². The number of esters is 1. The number of benzene rings is 1. The number of nitrogens with zero attached hydrogens (tertiary/aromatic N) is 2. The molecule has 0 bridgehead atoms. The number of methoxy groups -OCH3 is 1. The maximum atomic E-state index is 11.8. The summed E-state index contributed by atoms with van der Waals surface area (Å²) < 4.78 is 10.7. The molecule has 0 aliphatic heterocycles. The highest BCUT2D eigenvalue weighted by Crippen LogP contribution is 2.34. The predicted octanol–water partition coefficient (Wildman–Crippen LogP) is 3.47. The van der Waals surface area contributed by atoms with Gasteiger partial charge in [0, 0.05) is 6.20 Å². The van der Waals surface area contributed by atoms with Crippen LogP contribution in [0.2, 0.25) is 0 Å². The zero-order valence-corrected chi connectivity index (χ0v) is 13.2. The lowest BCUT2D eigenvalue weighted by molar-refractivity contribution is -0.135. The molecule has 1 aliphatic carbocycles. The summed E-state index contributed by atoms with van der Waals surface area (Å²) >= 11 is 0. The fraction of sp³-hybridized carbons (Fsp3) is 0.211. The van der Waals surface area contributed by atoms with Crippen LogP contribution < -0.4 is 9.47 Å².